The molecule has 50 heavy (non-hydrogen) atoms. The molecule has 0 aliphatic carbocycles. The Hall–Kier alpha value is -6.85. The zero-order valence-electron chi connectivity index (χ0n) is 26.7. The molecule has 5 nitrogen and oxygen atoms in total. The van der Waals surface area contributed by atoms with Crippen molar-refractivity contribution < 1.29 is 8.83 Å². The van der Waals surface area contributed by atoms with Crippen LogP contribution in [0.3, 0.4) is 0 Å². The van der Waals surface area contributed by atoms with E-state index in [1.54, 1.807) is 0 Å². The molecule has 0 N–H and O–H groups in total. The lowest BCUT2D eigenvalue weighted by molar-refractivity contribution is 0.668. The fourth-order valence-corrected chi connectivity index (χ4v) is 6.80. The summed E-state index contributed by atoms with van der Waals surface area (Å²) >= 11 is 0. The number of furan rings is 2. The van der Waals surface area contributed by atoms with E-state index in [-0.39, 0.29) is 0 Å². The van der Waals surface area contributed by atoms with Crippen LogP contribution >= 0.6 is 0 Å². The molecule has 0 aliphatic rings. The Morgan fingerprint density at radius 1 is 0.260 bits per heavy atom. The largest absolute Gasteiger partial charge is 0.456 e. The average molecular weight is 642 g/mol. The highest BCUT2D eigenvalue weighted by molar-refractivity contribution is 6.07. The van der Waals surface area contributed by atoms with Crippen molar-refractivity contribution in [3.05, 3.63) is 164 Å². The third-order valence-electron chi connectivity index (χ3n) is 9.36. The Morgan fingerprint density at radius 3 is 1.38 bits per heavy atom. The summed E-state index contributed by atoms with van der Waals surface area (Å²) in [5, 5.41) is 4.20. The fraction of sp³-hybridized carbons (Fsp3) is 0. The highest BCUT2D eigenvalue weighted by Crippen LogP contribution is 2.36. The van der Waals surface area contributed by atoms with E-state index in [1.165, 1.54) is 0 Å². The van der Waals surface area contributed by atoms with E-state index in [4.69, 9.17) is 23.8 Å². The lowest BCUT2D eigenvalue weighted by Gasteiger charge is -2.09. The minimum absolute atomic E-state index is 0.573. The molecule has 0 fully saturated rings. The zero-order chi connectivity index (χ0) is 33.0. The van der Waals surface area contributed by atoms with Gasteiger partial charge in [-0.25, -0.2) is 15.0 Å². The van der Waals surface area contributed by atoms with Gasteiger partial charge in [0.25, 0.3) is 0 Å². The minimum Gasteiger partial charge on any atom is -0.456 e. The second-order valence-corrected chi connectivity index (χ2v) is 12.4. The van der Waals surface area contributed by atoms with Crippen molar-refractivity contribution in [3.8, 4) is 56.4 Å². The lowest BCUT2D eigenvalue weighted by Crippen LogP contribution is -2.00. The van der Waals surface area contributed by atoms with Gasteiger partial charge < -0.3 is 8.83 Å². The summed E-state index contributed by atoms with van der Waals surface area (Å²) in [4.78, 5) is 15.1. The van der Waals surface area contributed by atoms with Gasteiger partial charge in [0.15, 0.2) is 17.5 Å². The predicted molar refractivity (Wildman–Crippen MR) is 202 cm³/mol. The molecule has 0 aliphatic heterocycles. The quantitative estimate of drug-likeness (QED) is 0.187. The number of hydrogen-bond acceptors (Lipinski definition) is 5. The van der Waals surface area contributed by atoms with Crippen LogP contribution in [-0.2, 0) is 0 Å². The molecule has 0 saturated heterocycles. The first kappa shape index (κ1) is 28.2. The van der Waals surface area contributed by atoms with Gasteiger partial charge in [-0.05, 0) is 70.8 Å². The van der Waals surface area contributed by atoms with Crippen LogP contribution in [-0.4, -0.2) is 15.0 Å². The van der Waals surface area contributed by atoms with Crippen molar-refractivity contribution in [3.63, 3.8) is 0 Å². The fourth-order valence-electron chi connectivity index (χ4n) is 6.80. The Kier molecular flexibility index (Phi) is 6.42. The Balaban J connectivity index is 1.11. The first-order valence-electron chi connectivity index (χ1n) is 16.6. The molecule has 0 amide bonds. The number of para-hydroxylation sites is 1. The molecule has 10 rings (SSSR count). The standard InChI is InChI=1S/C45H27N3O2/c1-3-9-28(10-4-1)30-15-17-31(18-16-30)43-46-44(48-45(47-43)34-20-23-36-35-13-7-8-14-39(35)49-42(36)27-34)33-21-24-40-38(25-33)37-22-19-32(26-41(37)50-40)29-11-5-2-6-12-29/h1-27H. The molecule has 0 atom stereocenters. The molecule has 0 radical (unpaired) electrons. The van der Waals surface area contributed by atoms with Gasteiger partial charge in [-0.3, -0.25) is 0 Å². The average Bonchev–Trinajstić information content (AvgIpc) is 3.75. The number of rotatable bonds is 5. The van der Waals surface area contributed by atoms with Crippen LogP contribution in [0.1, 0.15) is 0 Å². The highest BCUT2D eigenvalue weighted by Gasteiger charge is 2.17. The predicted octanol–water partition coefficient (Wildman–Crippen LogP) is 12.0. The van der Waals surface area contributed by atoms with Crippen molar-refractivity contribution in [2.24, 2.45) is 0 Å². The summed E-state index contributed by atoms with van der Waals surface area (Å²) in [6.45, 7) is 0. The summed E-state index contributed by atoms with van der Waals surface area (Å²) in [6.07, 6.45) is 0. The van der Waals surface area contributed by atoms with E-state index < -0.39 is 0 Å². The maximum Gasteiger partial charge on any atom is 0.164 e. The Morgan fingerprint density at radius 2 is 0.680 bits per heavy atom. The zero-order valence-corrected chi connectivity index (χ0v) is 26.7. The van der Waals surface area contributed by atoms with Crippen LogP contribution in [0.15, 0.2) is 173 Å². The normalized spacial score (nSPS) is 11.6. The van der Waals surface area contributed by atoms with Gasteiger partial charge in [0.05, 0.1) is 0 Å². The van der Waals surface area contributed by atoms with Gasteiger partial charge in [-0.1, -0.05) is 115 Å². The molecule has 10 aromatic rings. The molecule has 5 heteroatoms. The van der Waals surface area contributed by atoms with Crippen LogP contribution < -0.4 is 0 Å². The van der Waals surface area contributed by atoms with E-state index in [2.05, 4.69) is 103 Å². The van der Waals surface area contributed by atoms with Crippen LogP contribution in [0.25, 0.3) is 100 Å². The van der Waals surface area contributed by atoms with Crippen molar-refractivity contribution in [2.75, 3.05) is 0 Å². The van der Waals surface area contributed by atoms with Gasteiger partial charge in [0.2, 0.25) is 0 Å². The van der Waals surface area contributed by atoms with Gasteiger partial charge >= 0.3 is 0 Å². The molecule has 0 spiro atoms. The molecule has 3 heterocycles. The number of fused-ring (bicyclic) bond motifs is 6. The van der Waals surface area contributed by atoms with Gasteiger partial charge in [-0.15, -0.1) is 0 Å². The Labute approximate surface area is 287 Å². The van der Waals surface area contributed by atoms with Crippen LogP contribution in [0.2, 0.25) is 0 Å². The first-order valence-corrected chi connectivity index (χ1v) is 16.6. The molecule has 234 valence electrons. The van der Waals surface area contributed by atoms with E-state index in [0.29, 0.717) is 17.5 Å². The third kappa shape index (κ3) is 4.83. The molecule has 0 unspecified atom stereocenters. The third-order valence-corrected chi connectivity index (χ3v) is 9.36. The van der Waals surface area contributed by atoms with Crippen LogP contribution in [0.4, 0.5) is 0 Å². The van der Waals surface area contributed by atoms with Gasteiger partial charge in [-0.2, -0.15) is 0 Å². The smallest absolute Gasteiger partial charge is 0.164 e. The Bertz CT molecular complexity index is 2850. The maximum absolute atomic E-state index is 6.34. The summed E-state index contributed by atoms with van der Waals surface area (Å²) < 4.78 is 12.6. The summed E-state index contributed by atoms with van der Waals surface area (Å²) in [7, 11) is 0. The van der Waals surface area contributed by atoms with Crippen molar-refractivity contribution in [2.45, 2.75) is 0 Å². The van der Waals surface area contributed by atoms with E-state index in [9.17, 15) is 0 Å². The maximum atomic E-state index is 6.34. The summed E-state index contributed by atoms with van der Waals surface area (Å²) in [5.41, 5.74) is 10.5. The summed E-state index contributed by atoms with van der Waals surface area (Å²) in [5.74, 6) is 1.75. The molecule has 0 bridgehead atoms. The van der Waals surface area contributed by atoms with Gasteiger partial charge in [0, 0.05) is 38.2 Å². The van der Waals surface area contributed by atoms with Crippen LogP contribution in [0.5, 0.6) is 0 Å². The monoisotopic (exact) mass is 641 g/mol. The minimum atomic E-state index is 0.573. The molecule has 7 aromatic carbocycles. The van der Waals surface area contributed by atoms with E-state index in [0.717, 1.165) is 82.8 Å². The lowest BCUT2D eigenvalue weighted by atomic mass is 10.0. The van der Waals surface area contributed by atoms with Crippen molar-refractivity contribution in [1.82, 2.24) is 15.0 Å². The topological polar surface area (TPSA) is 65.0 Å². The molecular formula is C45H27N3O2. The van der Waals surface area contributed by atoms with Crippen molar-refractivity contribution in [1.29, 1.82) is 0 Å². The second kappa shape index (κ2) is 11.4. The first-order chi connectivity index (χ1) is 24.7. The number of hydrogen-bond donors (Lipinski definition) is 0. The van der Waals surface area contributed by atoms with E-state index in [1.807, 2.05) is 60.7 Å². The summed E-state index contributed by atoms with van der Waals surface area (Å²) in [6, 6.07) is 55.9. The van der Waals surface area contributed by atoms with Crippen molar-refractivity contribution >= 4 is 43.9 Å². The molecule has 3 aromatic heterocycles. The highest BCUT2D eigenvalue weighted by atomic mass is 16.3. The molecular weight excluding hydrogens is 615 g/mol. The van der Waals surface area contributed by atoms with E-state index >= 15 is 0 Å². The SMILES string of the molecule is c1ccc(-c2ccc(-c3nc(-c4ccc5c(c4)oc4ccccc45)nc(-c4ccc5oc6cc(-c7ccccc7)ccc6c5c4)n3)cc2)cc1. The number of aromatic nitrogens is 3. The van der Waals surface area contributed by atoms with Gasteiger partial charge in [0.1, 0.15) is 22.3 Å². The number of nitrogens with zero attached hydrogens (tertiary/aromatic N) is 3. The van der Waals surface area contributed by atoms with Crippen LogP contribution in [0, 0.1) is 0 Å². The second-order valence-electron chi connectivity index (χ2n) is 12.4. The molecule has 0 saturated carbocycles. The number of benzene rings is 7.